The van der Waals surface area contributed by atoms with Crippen LogP contribution in [0.3, 0.4) is 0 Å². The predicted octanol–water partition coefficient (Wildman–Crippen LogP) is -10.7. The third-order valence-electron chi connectivity index (χ3n) is 7.39. The zero-order valence-electron chi connectivity index (χ0n) is 40.7. The molecule has 0 saturated heterocycles. The molecule has 39 heteroatoms. The largest absolute Gasteiger partial charge is 2.00 e. The molecular formula is C42H42N6O30Zn3+6. The second kappa shape index (κ2) is 45.2. The number of rotatable bonds is 12. The van der Waals surface area contributed by atoms with Crippen molar-refractivity contribution in [2.24, 2.45) is 0 Å². The van der Waals surface area contributed by atoms with Crippen molar-refractivity contribution in [3.8, 4) is 0 Å². The van der Waals surface area contributed by atoms with Gasteiger partial charge in [-0.1, -0.05) is 0 Å². The maximum Gasteiger partial charge on any atom is 2.00 e. The van der Waals surface area contributed by atoms with Crippen LogP contribution in [0.1, 0.15) is 125 Å². The number of carbonyl (C=O) groups is 12. The number of carboxylic acid groups (broad SMARTS) is 12. The van der Waals surface area contributed by atoms with Gasteiger partial charge < -0.3 is 123 Å². The summed E-state index contributed by atoms with van der Waals surface area (Å²) in [5, 5.41) is 113. The zero-order valence-corrected chi connectivity index (χ0v) is 49.6. The van der Waals surface area contributed by atoms with Gasteiger partial charge in [0.05, 0.1) is 69.2 Å². The van der Waals surface area contributed by atoms with Gasteiger partial charge in [0, 0.05) is 37.2 Å². The van der Waals surface area contributed by atoms with Crippen LogP contribution < -0.4 is 30.6 Å². The maximum absolute atomic E-state index is 10.4. The van der Waals surface area contributed by atoms with Gasteiger partial charge in [-0.15, -0.1) is 0 Å². The molecule has 81 heavy (non-hydrogen) atoms. The first-order valence-corrected chi connectivity index (χ1v) is 18.1. The van der Waals surface area contributed by atoms with E-state index in [0.29, 0.717) is 0 Å². The molecule has 0 aliphatic heterocycles. The van der Waals surface area contributed by atoms with Crippen LogP contribution >= 0.6 is 0 Å². The summed E-state index contributed by atoms with van der Waals surface area (Å²) in [4.78, 5) is 144. The molecule has 0 radical (unpaired) electrons. The minimum Gasteiger partial charge on any atom is -0.543 e. The first-order valence-electron chi connectivity index (χ1n) is 18.1. The van der Waals surface area contributed by atoms with Crippen LogP contribution in [0.4, 0.5) is 0 Å². The van der Waals surface area contributed by atoms with Crippen LogP contribution in [0, 0.1) is 0 Å². The second-order valence-electron chi connectivity index (χ2n) is 12.0. The molecule has 0 aliphatic carbocycles. The quantitative estimate of drug-likeness (QED) is 0.0489. The molecule has 6 rings (SSSR count). The predicted molar refractivity (Wildman–Crippen MR) is 242 cm³/mol. The Kier molecular flexibility index (Phi) is 50.6. The fourth-order valence-electron chi connectivity index (χ4n) is 4.44. The molecule has 36 nitrogen and oxygen atoms in total. The Morgan fingerprint density at radius 1 is 0.247 bits per heavy atom. The first-order chi connectivity index (χ1) is 33.8. The minimum atomic E-state index is -1.59. The summed E-state index contributed by atoms with van der Waals surface area (Å²) in [7, 11) is 0. The molecule has 0 spiro atoms. The molecule has 6 aromatic rings. The van der Waals surface area contributed by atoms with Crippen molar-refractivity contribution in [2.45, 2.75) is 0 Å². The van der Waals surface area contributed by atoms with Crippen molar-refractivity contribution >= 4 is 71.6 Å². The van der Waals surface area contributed by atoms with Gasteiger partial charge in [0.1, 0.15) is 34.2 Å². The van der Waals surface area contributed by atoms with Crippen LogP contribution in [-0.2, 0) is 91.3 Å². The number of carboxylic acids is 12. The number of carbonyl (C=O) groups excluding carboxylic acids is 6. The minimum absolute atomic E-state index is 0. The summed E-state index contributed by atoms with van der Waals surface area (Å²) in [5.41, 5.74) is -5.49. The van der Waals surface area contributed by atoms with E-state index in [0.717, 1.165) is 36.4 Å². The molecule has 6 aromatic heterocycles. The first kappa shape index (κ1) is 90.7. The third-order valence-corrected chi connectivity index (χ3v) is 7.39. The van der Waals surface area contributed by atoms with Crippen LogP contribution in [0.2, 0.25) is 0 Å². The van der Waals surface area contributed by atoms with Gasteiger partial charge in [0.2, 0.25) is 0 Å². The standard InChI is InChI=1S/6C7H5NO4.6H2O.3Zn/c6*9-6(10)4-2-1-3-8-5(4)7(11)12;;;;;;;;;/h6*1-3H,(H,9,10)(H,11,12);6*1H2;;;/q;;;;;;;;;;;;3*+2. The Labute approximate surface area is 486 Å². The molecule has 0 saturated carbocycles. The van der Waals surface area contributed by atoms with Crippen molar-refractivity contribution in [3.63, 3.8) is 0 Å². The van der Waals surface area contributed by atoms with E-state index in [2.05, 4.69) is 29.9 Å². The summed E-state index contributed by atoms with van der Waals surface area (Å²) in [6, 6.07) is 15.0. The van der Waals surface area contributed by atoms with E-state index in [1.54, 1.807) is 0 Å². The summed E-state index contributed by atoms with van der Waals surface area (Å²) in [6.07, 6.45) is 7.15. The number of hydrogen-bond donors (Lipinski definition) is 6. The molecule has 6 heterocycles. The number of hydrogen-bond acceptors (Lipinski definition) is 24. The summed E-state index contributed by atoms with van der Waals surface area (Å²) >= 11 is 0. The van der Waals surface area contributed by atoms with Gasteiger partial charge in [0.15, 0.2) is 0 Å². The van der Waals surface area contributed by atoms with Crippen molar-refractivity contribution in [2.75, 3.05) is 0 Å². The Hall–Kier alpha value is -9.83. The Bertz CT molecular complexity index is 2360. The molecule has 420 valence electrons. The average molecular weight is 1310 g/mol. The third kappa shape index (κ3) is 30.1. The van der Waals surface area contributed by atoms with Crippen molar-refractivity contribution in [3.05, 3.63) is 178 Å². The van der Waals surface area contributed by atoms with Gasteiger partial charge >= 0.3 is 94.2 Å². The van der Waals surface area contributed by atoms with Gasteiger partial charge in [0.25, 0.3) is 0 Å². The van der Waals surface area contributed by atoms with E-state index in [4.69, 9.17) is 30.6 Å². The Morgan fingerprint density at radius 2 is 0.346 bits per heavy atom. The molecule has 24 N–H and O–H groups in total. The maximum atomic E-state index is 10.4. The number of aromatic carboxylic acids is 12. The molecule has 0 unspecified atom stereocenters. The SMILES string of the molecule is O=C(O)c1cccnc1C(=O)[O-].O=C(O)c1cccnc1C(=O)[O-].O=C(O)c1cccnc1C(=O)[O-].O=C(O)c1cccnc1C(=O)[O-].O=C(O)c1cccnc1C(=O)[O-].O=C(O)c1cccnc1C(=O)[O-].[OH3+].[OH3+].[OH3+].[OH3+].[OH3+].[OH3+].[Zn+2].[Zn+2].[Zn+2]. The topological polar surface area (TPSA) is 740 Å². The van der Waals surface area contributed by atoms with Gasteiger partial charge in [-0.25, -0.2) is 28.8 Å². The summed E-state index contributed by atoms with van der Waals surface area (Å²) in [5.74, 6) is -17.5. The van der Waals surface area contributed by atoms with E-state index in [1.807, 2.05) is 0 Å². The van der Waals surface area contributed by atoms with Crippen molar-refractivity contribution in [1.82, 2.24) is 29.9 Å². The summed E-state index contributed by atoms with van der Waals surface area (Å²) < 4.78 is 0. The molecule has 0 aromatic carbocycles. The Balaban J connectivity index is -0.000000107. The smallest absolute Gasteiger partial charge is 0.543 e. The average Bonchev–Trinajstić information content (AvgIpc) is 3.34. The molecule has 0 bridgehead atoms. The van der Waals surface area contributed by atoms with Crippen molar-refractivity contribution in [1.29, 1.82) is 0 Å². The monoisotopic (exact) mass is 1300 g/mol. The number of pyridine rings is 6. The van der Waals surface area contributed by atoms with Gasteiger partial charge in [-0.3, -0.25) is 29.9 Å². The van der Waals surface area contributed by atoms with E-state index >= 15 is 0 Å². The number of aromatic nitrogens is 6. The fraction of sp³-hybridized carbons (Fsp3) is 0. The van der Waals surface area contributed by atoms with Crippen LogP contribution in [0.5, 0.6) is 0 Å². The second-order valence-corrected chi connectivity index (χ2v) is 12.0. The molecule has 0 amide bonds. The Morgan fingerprint density at radius 3 is 0.407 bits per heavy atom. The van der Waals surface area contributed by atoms with Gasteiger partial charge in [-0.05, 0) is 72.8 Å². The molecule has 0 aliphatic rings. The van der Waals surface area contributed by atoms with E-state index in [-0.39, 0.29) is 125 Å². The van der Waals surface area contributed by atoms with E-state index in [9.17, 15) is 88.2 Å². The van der Waals surface area contributed by atoms with E-state index in [1.165, 1.54) is 73.6 Å². The number of nitrogens with zero attached hydrogens (tertiary/aromatic N) is 6. The van der Waals surface area contributed by atoms with Crippen LogP contribution in [0.25, 0.3) is 0 Å². The van der Waals surface area contributed by atoms with E-state index < -0.39 is 106 Å². The molecule has 0 fully saturated rings. The van der Waals surface area contributed by atoms with Crippen molar-refractivity contribution < 1.29 is 210 Å². The molecular weight excluding hydrogens is 1260 g/mol. The van der Waals surface area contributed by atoms with Crippen LogP contribution in [0.15, 0.2) is 110 Å². The fourth-order valence-corrected chi connectivity index (χ4v) is 4.44. The molecule has 0 atom stereocenters. The normalized spacial score (nSPS) is 8.30. The summed E-state index contributed by atoms with van der Waals surface area (Å²) in [6.45, 7) is 0. The zero-order chi connectivity index (χ0) is 54.8. The van der Waals surface area contributed by atoms with Gasteiger partial charge in [-0.2, -0.15) is 0 Å². The van der Waals surface area contributed by atoms with Crippen LogP contribution in [-0.4, -0.2) is 132 Å².